The number of benzene rings is 2. The number of rotatable bonds is 8. The molecule has 0 spiro atoms. The van der Waals surface area contributed by atoms with Gasteiger partial charge in [-0.3, -0.25) is 9.21 Å². The standard InChI is InChI=1S/C30H36FN7O3S/c1-36(42(2,39)40)28-9-4-3-7-26(28)33-29-23-6-5-8-25(23)34-30(35-29)32-21-10-11-27(24(31)20-21)38-14-12-22(13-15-38)37-16-18-41-19-17-37/h3-7,9-11,20,22H,8,12-19H2,1-2H3,(H2,32,33,34,35). The van der Waals surface area contributed by atoms with Gasteiger partial charge in [0.25, 0.3) is 0 Å². The number of halogens is 1. The number of sulfonamides is 1. The summed E-state index contributed by atoms with van der Waals surface area (Å²) in [5, 5.41) is 6.47. The van der Waals surface area contributed by atoms with E-state index >= 15 is 4.39 Å². The quantitative estimate of drug-likeness (QED) is 0.394. The number of aromatic nitrogens is 2. The van der Waals surface area contributed by atoms with Crippen LogP contribution in [0.5, 0.6) is 0 Å². The molecule has 0 bridgehead atoms. The monoisotopic (exact) mass is 593 g/mol. The number of hydrogen-bond donors (Lipinski definition) is 2. The molecule has 3 aromatic rings. The van der Waals surface area contributed by atoms with E-state index < -0.39 is 10.0 Å². The van der Waals surface area contributed by atoms with Crippen molar-refractivity contribution in [1.29, 1.82) is 0 Å². The van der Waals surface area contributed by atoms with Gasteiger partial charge in [-0.1, -0.05) is 24.3 Å². The Morgan fingerprint density at radius 3 is 2.52 bits per heavy atom. The number of hydrogen-bond acceptors (Lipinski definition) is 9. The normalized spacial score (nSPS) is 17.7. The van der Waals surface area contributed by atoms with E-state index in [-0.39, 0.29) is 5.82 Å². The highest BCUT2D eigenvalue weighted by molar-refractivity contribution is 7.92. The first kappa shape index (κ1) is 28.4. The summed E-state index contributed by atoms with van der Waals surface area (Å²) in [5.41, 5.74) is 3.90. The van der Waals surface area contributed by atoms with Crippen LogP contribution in [-0.4, -0.2) is 82.0 Å². The van der Waals surface area contributed by atoms with Gasteiger partial charge in [-0.15, -0.1) is 0 Å². The Balaban J connectivity index is 1.18. The van der Waals surface area contributed by atoms with Crippen LogP contribution in [-0.2, 0) is 21.2 Å². The molecular weight excluding hydrogens is 557 g/mol. The maximum absolute atomic E-state index is 15.4. The van der Waals surface area contributed by atoms with Crippen LogP contribution in [0.25, 0.3) is 6.08 Å². The molecule has 0 saturated carbocycles. The van der Waals surface area contributed by atoms with Crippen LogP contribution >= 0.6 is 0 Å². The van der Waals surface area contributed by atoms with E-state index in [4.69, 9.17) is 9.72 Å². The SMILES string of the molecule is CN(c1ccccc1Nc1nc(Nc2ccc(N3CCC(N4CCOCC4)CC3)c(F)c2)nc2c1C=CC2)S(C)(=O)=O. The maximum Gasteiger partial charge on any atom is 0.232 e. The summed E-state index contributed by atoms with van der Waals surface area (Å²) in [4.78, 5) is 14.0. The molecule has 0 amide bonds. The number of morpholine rings is 1. The topological polar surface area (TPSA) is 103 Å². The van der Waals surface area contributed by atoms with Gasteiger partial charge >= 0.3 is 0 Å². The number of allylic oxidation sites excluding steroid dienone is 1. The summed E-state index contributed by atoms with van der Waals surface area (Å²) in [6, 6.07) is 12.8. The summed E-state index contributed by atoms with van der Waals surface area (Å²) in [7, 11) is -1.95. The third kappa shape index (κ3) is 6.06. The van der Waals surface area contributed by atoms with Crippen molar-refractivity contribution < 1.29 is 17.5 Å². The number of ether oxygens (including phenoxy) is 1. The highest BCUT2D eigenvalue weighted by Gasteiger charge is 2.27. The number of nitrogens with one attached hydrogen (secondary N) is 2. The smallest absolute Gasteiger partial charge is 0.232 e. The first-order valence-corrected chi connectivity index (χ1v) is 16.1. The molecule has 6 rings (SSSR count). The zero-order chi connectivity index (χ0) is 29.3. The van der Waals surface area contributed by atoms with E-state index in [2.05, 4.69) is 25.4 Å². The van der Waals surface area contributed by atoms with Crippen LogP contribution in [0, 0.1) is 5.82 Å². The number of nitrogens with zero attached hydrogens (tertiary/aromatic N) is 5. The van der Waals surface area contributed by atoms with Gasteiger partial charge in [-0.25, -0.2) is 17.8 Å². The van der Waals surface area contributed by atoms with Gasteiger partial charge in [0.15, 0.2) is 0 Å². The summed E-state index contributed by atoms with van der Waals surface area (Å²) < 4.78 is 46.5. The van der Waals surface area contributed by atoms with Gasteiger partial charge in [0, 0.05) is 56.9 Å². The summed E-state index contributed by atoms with van der Waals surface area (Å²) >= 11 is 0. The molecule has 3 heterocycles. The minimum Gasteiger partial charge on any atom is -0.379 e. The molecule has 0 atom stereocenters. The first-order chi connectivity index (χ1) is 20.3. The van der Waals surface area contributed by atoms with E-state index in [9.17, 15) is 8.42 Å². The van der Waals surface area contributed by atoms with Crippen LogP contribution in [0.1, 0.15) is 24.1 Å². The van der Waals surface area contributed by atoms with Crippen LogP contribution in [0.3, 0.4) is 0 Å². The molecule has 222 valence electrons. The molecule has 2 aliphatic heterocycles. The second-order valence-corrected chi connectivity index (χ2v) is 12.9. The molecule has 1 aliphatic carbocycles. The minimum atomic E-state index is -3.47. The van der Waals surface area contributed by atoms with Crippen LogP contribution < -0.4 is 19.8 Å². The molecule has 0 unspecified atom stereocenters. The lowest BCUT2D eigenvalue weighted by molar-refractivity contribution is 0.0115. The lowest BCUT2D eigenvalue weighted by Crippen LogP contribution is -2.49. The number of fused-ring (bicyclic) bond motifs is 1. The summed E-state index contributed by atoms with van der Waals surface area (Å²) in [6.07, 6.45) is 7.76. The Bertz CT molecular complexity index is 1590. The molecule has 2 saturated heterocycles. The van der Waals surface area contributed by atoms with E-state index in [0.717, 1.165) is 69.7 Å². The Morgan fingerprint density at radius 2 is 1.79 bits per heavy atom. The molecule has 2 fully saturated rings. The largest absolute Gasteiger partial charge is 0.379 e. The summed E-state index contributed by atoms with van der Waals surface area (Å²) in [5.74, 6) is 0.571. The Kier molecular flexibility index (Phi) is 8.02. The van der Waals surface area contributed by atoms with Crippen LogP contribution in [0.15, 0.2) is 48.5 Å². The zero-order valence-electron chi connectivity index (χ0n) is 23.9. The van der Waals surface area contributed by atoms with Crippen molar-refractivity contribution in [2.45, 2.75) is 25.3 Å². The fraction of sp³-hybridized carbons (Fsp3) is 0.400. The first-order valence-electron chi connectivity index (χ1n) is 14.3. The van der Waals surface area contributed by atoms with Crippen molar-refractivity contribution in [2.75, 3.05) is 72.5 Å². The Morgan fingerprint density at radius 1 is 1.02 bits per heavy atom. The molecule has 1 aromatic heterocycles. The predicted octanol–water partition coefficient (Wildman–Crippen LogP) is 4.37. The van der Waals surface area contributed by atoms with Crippen LogP contribution in [0.4, 0.5) is 38.9 Å². The van der Waals surface area contributed by atoms with Gasteiger partial charge < -0.3 is 20.3 Å². The molecule has 2 N–H and O–H groups in total. The van der Waals surface area contributed by atoms with E-state index in [1.165, 1.54) is 17.4 Å². The van der Waals surface area contributed by atoms with Gasteiger partial charge in [-0.05, 0) is 43.2 Å². The predicted molar refractivity (Wildman–Crippen MR) is 165 cm³/mol. The van der Waals surface area contributed by atoms with Crippen molar-refractivity contribution in [3.63, 3.8) is 0 Å². The number of para-hydroxylation sites is 2. The summed E-state index contributed by atoms with van der Waals surface area (Å²) in [6.45, 7) is 5.16. The molecule has 3 aliphatic rings. The second-order valence-electron chi connectivity index (χ2n) is 10.9. The zero-order valence-corrected chi connectivity index (χ0v) is 24.7. The minimum absolute atomic E-state index is 0.288. The van der Waals surface area contributed by atoms with Gasteiger partial charge in [0.05, 0.1) is 42.2 Å². The van der Waals surface area contributed by atoms with E-state index in [0.29, 0.717) is 47.0 Å². The highest BCUT2D eigenvalue weighted by atomic mass is 32.2. The molecule has 2 aromatic carbocycles. The van der Waals surface area contributed by atoms with Gasteiger partial charge in [0.2, 0.25) is 16.0 Å². The van der Waals surface area contributed by atoms with Gasteiger partial charge in [0.1, 0.15) is 11.6 Å². The van der Waals surface area contributed by atoms with Gasteiger partial charge in [-0.2, -0.15) is 4.98 Å². The Labute approximate surface area is 246 Å². The molecular formula is C30H36FN7O3S. The highest BCUT2D eigenvalue weighted by Crippen LogP contribution is 2.34. The van der Waals surface area contributed by atoms with E-state index in [1.807, 2.05) is 30.4 Å². The molecule has 10 nitrogen and oxygen atoms in total. The fourth-order valence-electron chi connectivity index (χ4n) is 5.83. The van der Waals surface area contributed by atoms with Crippen molar-refractivity contribution in [1.82, 2.24) is 14.9 Å². The van der Waals surface area contributed by atoms with Crippen molar-refractivity contribution in [3.8, 4) is 0 Å². The third-order valence-electron chi connectivity index (χ3n) is 8.19. The second kappa shape index (κ2) is 11.9. The van der Waals surface area contributed by atoms with Crippen molar-refractivity contribution in [2.24, 2.45) is 0 Å². The number of anilines is 6. The third-order valence-corrected chi connectivity index (χ3v) is 9.38. The van der Waals surface area contributed by atoms with Crippen LogP contribution in [0.2, 0.25) is 0 Å². The Hall–Kier alpha value is -3.74. The lowest BCUT2D eigenvalue weighted by Gasteiger charge is -2.40. The van der Waals surface area contributed by atoms with Crippen molar-refractivity contribution in [3.05, 3.63) is 65.6 Å². The van der Waals surface area contributed by atoms with Crippen molar-refractivity contribution >= 4 is 50.6 Å². The molecule has 0 radical (unpaired) electrons. The average Bonchev–Trinajstić information content (AvgIpc) is 3.46. The number of piperidine rings is 1. The molecule has 12 heteroatoms. The average molecular weight is 594 g/mol. The van der Waals surface area contributed by atoms with E-state index in [1.54, 1.807) is 18.2 Å². The fourth-order valence-corrected chi connectivity index (χ4v) is 6.35. The maximum atomic E-state index is 15.4. The molecule has 42 heavy (non-hydrogen) atoms. The lowest BCUT2D eigenvalue weighted by atomic mass is 10.0.